The third-order valence-corrected chi connectivity index (χ3v) is 8.72. The van der Waals surface area contributed by atoms with E-state index in [1.54, 1.807) is 19.2 Å². The predicted molar refractivity (Wildman–Crippen MR) is 193 cm³/mol. The van der Waals surface area contributed by atoms with Gasteiger partial charge in [0.05, 0.1) is 5.60 Å². The zero-order valence-electron chi connectivity index (χ0n) is 31.9. The van der Waals surface area contributed by atoms with Gasteiger partial charge in [0.25, 0.3) is 0 Å². The van der Waals surface area contributed by atoms with Gasteiger partial charge in [-0.3, -0.25) is 14.4 Å². The van der Waals surface area contributed by atoms with Crippen LogP contribution in [0.3, 0.4) is 0 Å². The Kier molecular flexibility index (Phi) is 32.4. The summed E-state index contributed by atoms with van der Waals surface area (Å²) in [5.41, 5.74) is -0.363. The van der Waals surface area contributed by atoms with Crippen LogP contribution in [-0.2, 0) is 33.4 Å². The second kappa shape index (κ2) is 33.3. The molecule has 1 unspecified atom stereocenters. The molecular weight excluding hydrogens is 594 g/mol. The van der Waals surface area contributed by atoms with Crippen molar-refractivity contribution < 1.29 is 33.4 Å². The maximum absolute atomic E-state index is 12.7. The van der Waals surface area contributed by atoms with Crippen LogP contribution in [0.1, 0.15) is 188 Å². The summed E-state index contributed by atoms with van der Waals surface area (Å²) < 4.78 is 22.4. The molecule has 0 N–H and O–H groups in total. The zero-order valence-corrected chi connectivity index (χ0v) is 31.9. The maximum atomic E-state index is 12.7. The van der Waals surface area contributed by atoms with Crippen LogP contribution in [-0.4, -0.2) is 69.4 Å². The van der Waals surface area contributed by atoms with E-state index in [0.717, 1.165) is 44.9 Å². The number of carbonyl (C=O) groups is 2. The fourth-order valence-corrected chi connectivity index (χ4v) is 5.42. The summed E-state index contributed by atoms with van der Waals surface area (Å²) in [5, 5.41) is 1.58. The van der Waals surface area contributed by atoms with Crippen LogP contribution in [0.15, 0.2) is 0 Å². The molecule has 47 heavy (non-hydrogen) atoms. The summed E-state index contributed by atoms with van der Waals surface area (Å²) >= 11 is 0. The summed E-state index contributed by atoms with van der Waals surface area (Å²) in [6.07, 6.45) is 27.9. The van der Waals surface area contributed by atoms with Gasteiger partial charge in [-0.05, 0) is 33.1 Å². The minimum Gasteiger partial charge on any atom is -0.462 e. The Morgan fingerprint density at radius 3 is 1.49 bits per heavy atom. The molecule has 0 radical (unpaired) electrons. The molecule has 0 aliphatic carbocycles. The van der Waals surface area contributed by atoms with Crippen LogP contribution in [0.2, 0.25) is 0 Å². The molecule has 0 aromatic rings. The molecule has 0 fully saturated rings. The Balaban J connectivity index is 4.42. The molecule has 0 rings (SSSR count). The number of methoxy groups -OCH3 is 1. The molecule has 280 valence electrons. The second-order valence-corrected chi connectivity index (χ2v) is 14.1. The highest BCUT2D eigenvalue weighted by Gasteiger charge is 2.21. The van der Waals surface area contributed by atoms with Crippen molar-refractivity contribution >= 4 is 11.9 Å². The van der Waals surface area contributed by atoms with Crippen molar-refractivity contribution in [3.63, 3.8) is 0 Å². The molecule has 0 aliphatic rings. The molecule has 0 saturated heterocycles. The van der Waals surface area contributed by atoms with E-state index in [1.807, 2.05) is 13.8 Å². The Labute approximate surface area is 290 Å². The van der Waals surface area contributed by atoms with Crippen molar-refractivity contribution in [1.82, 2.24) is 5.06 Å². The van der Waals surface area contributed by atoms with Gasteiger partial charge in [-0.2, -0.15) is 5.06 Å². The number of carbonyl (C=O) groups excluding carboxylic acids is 2. The van der Waals surface area contributed by atoms with E-state index < -0.39 is 6.10 Å². The van der Waals surface area contributed by atoms with Crippen molar-refractivity contribution in [2.24, 2.45) is 0 Å². The molecule has 0 aliphatic heterocycles. The summed E-state index contributed by atoms with van der Waals surface area (Å²) in [4.78, 5) is 31.0. The van der Waals surface area contributed by atoms with Crippen LogP contribution in [0.5, 0.6) is 0 Å². The van der Waals surface area contributed by atoms with Gasteiger partial charge >= 0.3 is 11.9 Å². The Hall–Kier alpha value is -1.22. The first-order valence-electron chi connectivity index (χ1n) is 19.6. The molecule has 1 atom stereocenters. The Morgan fingerprint density at radius 2 is 1.04 bits per heavy atom. The average molecular weight is 672 g/mol. The van der Waals surface area contributed by atoms with Crippen molar-refractivity contribution in [3.8, 4) is 0 Å². The summed E-state index contributed by atoms with van der Waals surface area (Å²) in [6.45, 7) is 9.46. The number of ether oxygens (including phenoxy) is 4. The summed E-state index contributed by atoms with van der Waals surface area (Å²) in [7, 11) is 3.45. The summed E-state index contributed by atoms with van der Waals surface area (Å²) in [5.74, 6) is -0.514. The third-order valence-electron chi connectivity index (χ3n) is 8.72. The fraction of sp³-hybridized carbons (Fsp3) is 0.949. The molecule has 8 nitrogen and oxygen atoms in total. The highest BCUT2D eigenvalue weighted by molar-refractivity contribution is 5.70. The van der Waals surface area contributed by atoms with E-state index in [4.69, 9.17) is 23.8 Å². The first-order chi connectivity index (χ1) is 22.7. The maximum Gasteiger partial charge on any atom is 0.306 e. The van der Waals surface area contributed by atoms with E-state index in [2.05, 4.69) is 13.8 Å². The number of hydrogen-bond donors (Lipinski definition) is 0. The topological polar surface area (TPSA) is 83.5 Å². The number of nitrogens with zero attached hydrogens (tertiary/aromatic N) is 1. The lowest BCUT2D eigenvalue weighted by Crippen LogP contribution is -2.36. The van der Waals surface area contributed by atoms with E-state index in [0.29, 0.717) is 19.4 Å². The van der Waals surface area contributed by atoms with Gasteiger partial charge in [-0.15, -0.1) is 0 Å². The van der Waals surface area contributed by atoms with Crippen LogP contribution < -0.4 is 0 Å². The molecule has 0 spiro atoms. The lowest BCUT2D eigenvalue weighted by atomic mass is 10.1. The molecule has 0 aromatic heterocycles. The van der Waals surface area contributed by atoms with Crippen molar-refractivity contribution in [2.75, 3.05) is 40.7 Å². The van der Waals surface area contributed by atoms with Crippen molar-refractivity contribution in [1.29, 1.82) is 0 Å². The average Bonchev–Trinajstić information content (AvgIpc) is 3.05. The normalized spacial score (nSPS) is 12.5. The van der Waals surface area contributed by atoms with Gasteiger partial charge in [-0.1, -0.05) is 142 Å². The first kappa shape index (κ1) is 45.8. The minimum atomic E-state index is -0.666. The van der Waals surface area contributed by atoms with Crippen LogP contribution >= 0.6 is 0 Å². The predicted octanol–water partition coefficient (Wildman–Crippen LogP) is 10.5. The molecule has 0 aromatic carbocycles. The van der Waals surface area contributed by atoms with E-state index in [1.165, 1.54) is 103 Å². The van der Waals surface area contributed by atoms with Gasteiger partial charge in [0.1, 0.15) is 19.9 Å². The van der Waals surface area contributed by atoms with Crippen LogP contribution in [0, 0.1) is 0 Å². The van der Waals surface area contributed by atoms with Gasteiger partial charge in [-0.25, -0.2) is 0 Å². The number of rotatable bonds is 36. The molecule has 0 amide bonds. The molecule has 8 heteroatoms. The van der Waals surface area contributed by atoms with E-state index >= 15 is 0 Å². The first-order valence-corrected chi connectivity index (χ1v) is 19.6. The highest BCUT2D eigenvalue weighted by Crippen LogP contribution is 2.16. The standard InChI is InChI=1S/C39H77NO7/c1-7-9-11-13-15-17-19-21-23-25-27-29-37(41)44-33-36(34-46-40(5)35-45-39(3,4)31-32-43-6)47-38(42)30-28-26-24-22-20-18-16-14-12-10-8-2/h36H,7-35H2,1-6H3. The smallest absolute Gasteiger partial charge is 0.306 e. The highest BCUT2D eigenvalue weighted by atomic mass is 16.7. The second-order valence-electron chi connectivity index (χ2n) is 14.1. The zero-order chi connectivity index (χ0) is 34.9. The number of hydroxylamine groups is 2. The van der Waals surface area contributed by atoms with Gasteiger partial charge in [0, 0.05) is 33.6 Å². The quantitative estimate of drug-likeness (QED) is 0.0282. The molecule has 0 heterocycles. The Morgan fingerprint density at radius 1 is 0.617 bits per heavy atom. The molecular formula is C39H77NO7. The lowest BCUT2D eigenvalue weighted by molar-refractivity contribution is -0.233. The molecule has 0 saturated carbocycles. The monoisotopic (exact) mass is 672 g/mol. The van der Waals surface area contributed by atoms with E-state index in [-0.39, 0.29) is 37.5 Å². The third kappa shape index (κ3) is 33.1. The van der Waals surface area contributed by atoms with Crippen LogP contribution in [0.4, 0.5) is 0 Å². The number of unbranched alkanes of at least 4 members (excludes halogenated alkanes) is 20. The van der Waals surface area contributed by atoms with Gasteiger partial charge < -0.3 is 18.9 Å². The molecule has 0 bridgehead atoms. The minimum absolute atomic E-state index is 0.00507. The number of esters is 2. The van der Waals surface area contributed by atoms with Gasteiger partial charge in [0.2, 0.25) is 0 Å². The van der Waals surface area contributed by atoms with E-state index in [9.17, 15) is 9.59 Å². The largest absolute Gasteiger partial charge is 0.462 e. The van der Waals surface area contributed by atoms with Gasteiger partial charge in [0.15, 0.2) is 6.10 Å². The van der Waals surface area contributed by atoms with Crippen molar-refractivity contribution in [3.05, 3.63) is 0 Å². The number of hydrogen-bond acceptors (Lipinski definition) is 8. The summed E-state index contributed by atoms with van der Waals surface area (Å²) in [6, 6.07) is 0. The fourth-order valence-electron chi connectivity index (χ4n) is 5.42. The van der Waals surface area contributed by atoms with Crippen LogP contribution in [0.25, 0.3) is 0 Å². The van der Waals surface area contributed by atoms with Crippen molar-refractivity contribution in [2.45, 2.75) is 200 Å². The Bertz CT molecular complexity index is 703. The lowest BCUT2D eigenvalue weighted by Gasteiger charge is -2.28. The SMILES string of the molecule is CCCCCCCCCCCCCC(=O)OCC(CON(C)COC(C)(C)CCOC)OC(=O)CCCCCCCCCCCCC.